The zero-order chi connectivity index (χ0) is 13.7. The summed E-state index contributed by atoms with van der Waals surface area (Å²) >= 11 is 0. The van der Waals surface area contributed by atoms with Crippen LogP contribution in [-0.4, -0.2) is 16.0 Å². The molecule has 1 unspecified atom stereocenters. The predicted octanol–water partition coefficient (Wildman–Crippen LogP) is 2.79. The third-order valence-corrected chi connectivity index (χ3v) is 6.07. The topological polar surface area (TPSA) is 57.8 Å². The van der Waals surface area contributed by atoms with Crippen molar-refractivity contribution >= 4 is 5.82 Å². The van der Waals surface area contributed by atoms with Gasteiger partial charge in [-0.1, -0.05) is 0 Å². The molecule has 108 valence electrons. The van der Waals surface area contributed by atoms with Crippen LogP contribution >= 0.6 is 0 Å². The third kappa shape index (κ3) is 1.88. The van der Waals surface area contributed by atoms with Gasteiger partial charge in [-0.15, -0.1) is 0 Å². The van der Waals surface area contributed by atoms with E-state index in [0.29, 0.717) is 17.3 Å². The molecule has 0 aromatic carbocycles. The minimum Gasteiger partial charge on any atom is -0.362 e. The van der Waals surface area contributed by atoms with Crippen molar-refractivity contribution in [1.82, 2.24) is 9.97 Å². The minimum absolute atomic E-state index is 0.107. The Morgan fingerprint density at radius 3 is 2.40 bits per heavy atom. The molecule has 0 saturated heterocycles. The average molecular weight is 273 g/mol. The quantitative estimate of drug-likeness (QED) is 0.890. The highest BCUT2D eigenvalue weighted by atomic mass is 16.1. The fourth-order valence-corrected chi connectivity index (χ4v) is 5.52. The number of nitrogens with one attached hydrogen (secondary N) is 2. The fourth-order valence-electron chi connectivity index (χ4n) is 5.52. The van der Waals surface area contributed by atoms with Crippen molar-refractivity contribution in [2.45, 2.75) is 51.5 Å². The summed E-state index contributed by atoms with van der Waals surface area (Å²) in [6.45, 7) is 2.25. The summed E-state index contributed by atoms with van der Waals surface area (Å²) in [6.07, 6.45) is 11.6. The summed E-state index contributed by atoms with van der Waals surface area (Å²) in [5, 5.41) is 3.41. The van der Waals surface area contributed by atoms with Crippen LogP contribution in [0, 0.1) is 23.2 Å². The molecule has 0 amide bonds. The Labute approximate surface area is 119 Å². The second-order valence-corrected chi connectivity index (χ2v) is 7.41. The van der Waals surface area contributed by atoms with Gasteiger partial charge in [-0.2, -0.15) is 0 Å². The van der Waals surface area contributed by atoms with Crippen LogP contribution in [0.3, 0.4) is 0 Å². The highest BCUT2D eigenvalue weighted by molar-refractivity contribution is 5.32. The first-order valence-corrected chi connectivity index (χ1v) is 7.95. The smallest absolute Gasteiger partial charge is 0.290 e. The van der Waals surface area contributed by atoms with E-state index in [4.69, 9.17) is 0 Å². The molecule has 0 spiro atoms. The number of hydrogen-bond donors (Lipinski definition) is 2. The SMILES string of the molecule is CC(Nc1ncc[nH]c1=O)C12CC3CC(CC(C3)C1)C2. The molecule has 4 saturated carbocycles. The van der Waals surface area contributed by atoms with Gasteiger partial charge in [0.1, 0.15) is 0 Å². The summed E-state index contributed by atoms with van der Waals surface area (Å²) in [6, 6.07) is 0.340. The molecule has 0 aliphatic heterocycles. The molecular formula is C16H23N3O. The Morgan fingerprint density at radius 1 is 1.25 bits per heavy atom. The summed E-state index contributed by atoms with van der Waals surface area (Å²) in [5.74, 6) is 3.29. The van der Waals surface area contributed by atoms with Gasteiger partial charge in [0.2, 0.25) is 0 Å². The molecule has 1 atom stereocenters. The van der Waals surface area contributed by atoms with Crippen molar-refractivity contribution in [3.63, 3.8) is 0 Å². The van der Waals surface area contributed by atoms with Gasteiger partial charge in [0.15, 0.2) is 5.82 Å². The molecule has 1 aromatic rings. The first-order chi connectivity index (χ1) is 9.64. The molecule has 4 aliphatic rings. The molecule has 4 aliphatic carbocycles. The van der Waals surface area contributed by atoms with E-state index in [0.717, 1.165) is 17.8 Å². The number of nitrogens with zero attached hydrogens (tertiary/aromatic N) is 1. The van der Waals surface area contributed by atoms with Crippen LogP contribution in [0.5, 0.6) is 0 Å². The second-order valence-electron chi connectivity index (χ2n) is 7.41. The van der Waals surface area contributed by atoms with Crippen molar-refractivity contribution < 1.29 is 0 Å². The number of rotatable bonds is 3. The highest BCUT2D eigenvalue weighted by Crippen LogP contribution is 2.61. The fraction of sp³-hybridized carbons (Fsp3) is 0.750. The molecule has 20 heavy (non-hydrogen) atoms. The Morgan fingerprint density at radius 2 is 1.85 bits per heavy atom. The Balaban J connectivity index is 1.58. The van der Waals surface area contributed by atoms with E-state index in [-0.39, 0.29) is 5.56 Å². The summed E-state index contributed by atoms with van der Waals surface area (Å²) in [5.41, 5.74) is 0.294. The normalized spacial score (nSPS) is 39.8. The van der Waals surface area contributed by atoms with Crippen LogP contribution in [0.4, 0.5) is 5.82 Å². The summed E-state index contributed by atoms with van der Waals surface area (Å²) < 4.78 is 0. The third-order valence-electron chi connectivity index (χ3n) is 6.07. The van der Waals surface area contributed by atoms with Gasteiger partial charge in [0, 0.05) is 18.4 Å². The molecular weight excluding hydrogens is 250 g/mol. The number of aromatic nitrogens is 2. The lowest BCUT2D eigenvalue weighted by Gasteiger charge is -2.59. The van der Waals surface area contributed by atoms with Crippen LogP contribution in [0.2, 0.25) is 0 Å². The van der Waals surface area contributed by atoms with Crippen LogP contribution < -0.4 is 10.9 Å². The largest absolute Gasteiger partial charge is 0.362 e. The molecule has 4 nitrogen and oxygen atoms in total. The van der Waals surface area contributed by atoms with E-state index in [9.17, 15) is 4.79 Å². The molecule has 4 fully saturated rings. The van der Waals surface area contributed by atoms with Crippen molar-refractivity contribution in [2.24, 2.45) is 23.2 Å². The average Bonchev–Trinajstić information content (AvgIpc) is 2.40. The number of anilines is 1. The van der Waals surface area contributed by atoms with Crippen molar-refractivity contribution in [2.75, 3.05) is 5.32 Å². The van der Waals surface area contributed by atoms with Gasteiger partial charge in [-0.3, -0.25) is 4.79 Å². The first-order valence-electron chi connectivity index (χ1n) is 7.95. The van der Waals surface area contributed by atoms with E-state index >= 15 is 0 Å². The Hall–Kier alpha value is -1.32. The van der Waals surface area contributed by atoms with Crippen molar-refractivity contribution in [1.29, 1.82) is 0 Å². The van der Waals surface area contributed by atoms with E-state index in [1.807, 2.05) is 0 Å². The minimum atomic E-state index is -0.107. The maximum absolute atomic E-state index is 11.8. The van der Waals surface area contributed by atoms with Gasteiger partial charge < -0.3 is 10.3 Å². The van der Waals surface area contributed by atoms with Crippen LogP contribution in [-0.2, 0) is 0 Å². The molecule has 0 radical (unpaired) electrons. The standard InChI is InChI=1S/C16H23N3O/c1-10(19-14-15(20)18-3-2-17-14)16-7-11-4-12(8-16)6-13(5-11)9-16/h2-3,10-13H,4-9H2,1H3,(H,17,19)(H,18,20). The van der Waals surface area contributed by atoms with Crippen LogP contribution in [0.15, 0.2) is 17.2 Å². The Bertz CT molecular complexity index is 530. The van der Waals surface area contributed by atoms with E-state index in [1.54, 1.807) is 12.4 Å². The molecule has 5 rings (SSSR count). The molecule has 4 bridgehead atoms. The van der Waals surface area contributed by atoms with Gasteiger partial charge in [0.25, 0.3) is 5.56 Å². The van der Waals surface area contributed by atoms with Gasteiger partial charge in [-0.05, 0) is 68.6 Å². The van der Waals surface area contributed by atoms with Crippen molar-refractivity contribution in [3.05, 3.63) is 22.7 Å². The monoisotopic (exact) mass is 273 g/mol. The molecule has 1 heterocycles. The zero-order valence-electron chi connectivity index (χ0n) is 12.1. The van der Waals surface area contributed by atoms with E-state index in [1.165, 1.54) is 38.5 Å². The van der Waals surface area contributed by atoms with Crippen molar-refractivity contribution in [3.8, 4) is 0 Å². The molecule has 1 aromatic heterocycles. The number of aromatic amines is 1. The molecule has 2 N–H and O–H groups in total. The summed E-state index contributed by atoms with van der Waals surface area (Å²) in [4.78, 5) is 18.7. The molecule has 4 heteroatoms. The maximum atomic E-state index is 11.8. The zero-order valence-corrected chi connectivity index (χ0v) is 12.1. The maximum Gasteiger partial charge on any atom is 0.290 e. The summed E-state index contributed by atoms with van der Waals surface area (Å²) in [7, 11) is 0. The lowest BCUT2D eigenvalue weighted by Crippen LogP contribution is -2.53. The van der Waals surface area contributed by atoms with Gasteiger partial charge >= 0.3 is 0 Å². The predicted molar refractivity (Wildman–Crippen MR) is 78.5 cm³/mol. The van der Waals surface area contributed by atoms with Crippen LogP contribution in [0.1, 0.15) is 45.4 Å². The van der Waals surface area contributed by atoms with Gasteiger partial charge in [-0.25, -0.2) is 4.98 Å². The first kappa shape index (κ1) is 12.4. The van der Waals surface area contributed by atoms with E-state index in [2.05, 4.69) is 22.2 Å². The lowest BCUT2D eigenvalue weighted by atomic mass is 9.48. The highest BCUT2D eigenvalue weighted by Gasteiger charge is 2.53. The lowest BCUT2D eigenvalue weighted by molar-refractivity contribution is -0.0603. The number of H-pyrrole nitrogens is 1. The van der Waals surface area contributed by atoms with E-state index < -0.39 is 0 Å². The van der Waals surface area contributed by atoms with Crippen LogP contribution in [0.25, 0.3) is 0 Å². The Kier molecular flexibility index (Phi) is 2.69. The van der Waals surface area contributed by atoms with Gasteiger partial charge in [0.05, 0.1) is 0 Å². The second kappa shape index (κ2) is 4.34. The number of hydrogen-bond acceptors (Lipinski definition) is 3.